The van der Waals surface area contributed by atoms with E-state index in [1.165, 1.54) is 3.57 Å². The normalized spacial score (nSPS) is 9.93. The summed E-state index contributed by atoms with van der Waals surface area (Å²) in [4.78, 5) is 0.371. The maximum Gasteiger partial charge on any atom is 0.146 e. The van der Waals surface area contributed by atoms with Crippen LogP contribution in [0.25, 0.3) is 0 Å². The van der Waals surface area contributed by atoms with Gasteiger partial charge in [-0.25, -0.2) is 0 Å². The molecule has 1 aromatic rings. The van der Waals surface area contributed by atoms with Gasteiger partial charge in [0.2, 0.25) is 0 Å². The average Bonchev–Trinajstić information content (AvgIpc) is 2.01. The third kappa shape index (κ3) is 3.93. The maximum atomic E-state index is 5.50. The van der Waals surface area contributed by atoms with Crippen molar-refractivity contribution < 1.29 is 4.74 Å². The molecule has 0 saturated carbocycles. The van der Waals surface area contributed by atoms with Crippen LogP contribution < -0.4 is 10.5 Å². The molecule has 2 N–H and O–H groups in total. The van der Waals surface area contributed by atoms with Crippen LogP contribution in [-0.4, -0.2) is 11.6 Å². The highest BCUT2D eigenvalue weighted by Gasteiger charge is 2.07. The van der Waals surface area contributed by atoms with Gasteiger partial charge < -0.3 is 10.5 Å². The molecule has 0 unspecified atom stereocenters. The highest BCUT2D eigenvalue weighted by Crippen LogP contribution is 2.29. The lowest BCUT2D eigenvalue weighted by atomic mass is 10.3. The van der Waals surface area contributed by atoms with Crippen molar-refractivity contribution in [3.63, 3.8) is 0 Å². The van der Waals surface area contributed by atoms with Gasteiger partial charge in [-0.15, -0.1) is 0 Å². The first-order valence-corrected chi connectivity index (χ1v) is 7.21. The van der Waals surface area contributed by atoms with Crippen LogP contribution in [0.3, 0.4) is 0 Å². The van der Waals surface area contributed by atoms with Gasteiger partial charge in [-0.2, -0.15) is 0 Å². The van der Waals surface area contributed by atoms with Gasteiger partial charge in [0.1, 0.15) is 17.3 Å². The standard InChI is InChI=1S/C8H6I3NOS/c9-4-1-5(10)8(6(11)2-4)13-3-7(12)14/h1-2H,3H2,(H2,12,14). The molecule has 6 heteroatoms. The fourth-order valence-electron chi connectivity index (χ4n) is 0.810. The van der Waals surface area contributed by atoms with Crippen molar-refractivity contribution in [1.82, 2.24) is 0 Å². The molecule has 0 bridgehead atoms. The Morgan fingerprint density at radius 1 is 1.29 bits per heavy atom. The second-order valence-electron chi connectivity index (χ2n) is 2.45. The van der Waals surface area contributed by atoms with Gasteiger partial charge in [0.05, 0.1) is 7.14 Å². The summed E-state index contributed by atoms with van der Waals surface area (Å²) in [6.45, 7) is 0.294. The summed E-state index contributed by atoms with van der Waals surface area (Å²) in [6, 6.07) is 4.11. The fourth-order valence-corrected chi connectivity index (χ4v) is 4.76. The third-order valence-electron chi connectivity index (χ3n) is 1.32. The predicted octanol–water partition coefficient (Wildman–Crippen LogP) is 3.17. The second kappa shape index (κ2) is 5.99. The Hall–Kier alpha value is 1.10. The topological polar surface area (TPSA) is 35.2 Å². The molecule has 0 heterocycles. The third-order valence-corrected chi connectivity index (χ3v) is 3.67. The number of halogens is 3. The number of rotatable bonds is 3. The Bertz CT molecular complexity index is 347. The van der Waals surface area contributed by atoms with Crippen LogP contribution in [-0.2, 0) is 0 Å². The first-order chi connectivity index (χ1) is 6.50. The van der Waals surface area contributed by atoms with Crippen molar-refractivity contribution in [1.29, 1.82) is 0 Å². The highest BCUT2D eigenvalue weighted by atomic mass is 127. The summed E-state index contributed by atoms with van der Waals surface area (Å²) >= 11 is 11.5. The average molecular weight is 545 g/mol. The van der Waals surface area contributed by atoms with Gasteiger partial charge in [0, 0.05) is 3.57 Å². The molecular formula is C8H6I3NOS. The van der Waals surface area contributed by atoms with Crippen molar-refractivity contribution >= 4 is 85.0 Å². The zero-order valence-electron chi connectivity index (χ0n) is 6.89. The van der Waals surface area contributed by atoms with Crippen LogP contribution in [0.5, 0.6) is 5.75 Å². The summed E-state index contributed by atoms with van der Waals surface area (Å²) in [6.07, 6.45) is 0. The van der Waals surface area contributed by atoms with Gasteiger partial charge in [-0.05, 0) is 79.9 Å². The summed E-state index contributed by atoms with van der Waals surface area (Å²) in [7, 11) is 0. The SMILES string of the molecule is NC(=S)COc1c(I)cc(I)cc1I. The van der Waals surface area contributed by atoms with Gasteiger partial charge in [-0.3, -0.25) is 0 Å². The van der Waals surface area contributed by atoms with E-state index in [9.17, 15) is 0 Å². The van der Waals surface area contributed by atoms with E-state index in [-0.39, 0.29) is 0 Å². The molecule has 0 fully saturated rings. The Balaban J connectivity index is 2.91. The van der Waals surface area contributed by atoms with Crippen LogP contribution >= 0.6 is 80.0 Å². The van der Waals surface area contributed by atoms with E-state index in [0.29, 0.717) is 11.6 Å². The Morgan fingerprint density at radius 3 is 2.21 bits per heavy atom. The second-order valence-corrected chi connectivity index (χ2v) is 6.55. The van der Waals surface area contributed by atoms with Crippen LogP contribution in [0.4, 0.5) is 0 Å². The molecule has 0 amide bonds. The predicted molar refractivity (Wildman–Crippen MR) is 86.9 cm³/mol. The van der Waals surface area contributed by atoms with Crippen LogP contribution in [0.2, 0.25) is 0 Å². The molecule has 1 rings (SSSR count). The van der Waals surface area contributed by atoms with Crippen molar-refractivity contribution in [2.45, 2.75) is 0 Å². The van der Waals surface area contributed by atoms with Gasteiger partial charge in [0.15, 0.2) is 0 Å². The number of benzene rings is 1. The van der Waals surface area contributed by atoms with E-state index in [4.69, 9.17) is 22.7 Å². The fraction of sp³-hybridized carbons (Fsp3) is 0.125. The minimum Gasteiger partial charge on any atom is -0.484 e. The van der Waals surface area contributed by atoms with E-state index < -0.39 is 0 Å². The lowest BCUT2D eigenvalue weighted by Crippen LogP contribution is -2.18. The molecule has 2 nitrogen and oxygen atoms in total. The summed E-state index contributed by atoms with van der Waals surface area (Å²) in [5.74, 6) is 0.861. The quantitative estimate of drug-likeness (QED) is 0.469. The van der Waals surface area contributed by atoms with Crippen LogP contribution in [0, 0.1) is 10.7 Å². The molecule has 76 valence electrons. The van der Waals surface area contributed by atoms with Crippen LogP contribution in [0.1, 0.15) is 0 Å². The molecule has 0 radical (unpaired) electrons. The van der Waals surface area contributed by atoms with E-state index in [0.717, 1.165) is 12.9 Å². The molecule has 0 saturated heterocycles. The highest BCUT2D eigenvalue weighted by molar-refractivity contribution is 14.1. The Kier molecular flexibility index (Phi) is 5.63. The lowest BCUT2D eigenvalue weighted by molar-refractivity contribution is 0.372. The molecule has 0 aliphatic heterocycles. The summed E-state index contributed by atoms with van der Waals surface area (Å²) < 4.78 is 8.85. The monoisotopic (exact) mass is 545 g/mol. The zero-order chi connectivity index (χ0) is 10.7. The summed E-state index contributed by atoms with van der Waals surface area (Å²) in [5.41, 5.74) is 5.37. The number of hydrogen-bond acceptors (Lipinski definition) is 2. The maximum absolute atomic E-state index is 5.50. The summed E-state index contributed by atoms with van der Waals surface area (Å²) in [5, 5.41) is 0. The van der Waals surface area contributed by atoms with E-state index in [1.54, 1.807) is 0 Å². The van der Waals surface area contributed by atoms with E-state index in [1.807, 2.05) is 0 Å². The molecule has 14 heavy (non-hydrogen) atoms. The minimum atomic E-state index is 0.294. The molecule has 0 aliphatic rings. The number of hydrogen-bond donors (Lipinski definition) is 1. The minimum absolute atomic E-state index is 0.294. The number of ether oxygens (including phenoxy) is 1. The lowest BCUT2D eigenvalue weighted by Gasteiger charge is -2.09. The number of nitrogens with two attached hydrogens (primary N) is 1. The molecule has 1 aromatic carbocycles. The van der Waals surface area contributed by atoms with Crippen molar-refractivity contribution in [3.8, 4) is 5.75 Å². The molecule has 0 aromatic heterocycles. The van der Waals surface area contributed by atoms with Gasteiger partial charge >= 0.3 is 0 Å². The van der Waals surface area contributed by atoms with Gasteiger partial charge in [0.25, 0.3) is 0 Å². The van der Waals surface area contributed by atoms with E-state index >= 15 is 0 Å². The zero-order valence-corrected chi connectivity index (χ0v) is 14.2. The van der Waals surface area contributed by atoms with Crippen molar-refractivity contribution in [2.75, 3.05) is 6.61 Å². The van der Waals surface area contributed by atoms with Crippen molar-refractivity contribution in [2.24, 2.45) is 5.73 Å². The molecule has 0 spiro atoms. The largest absolute Gasteiger partial charge is 0.484 e. The first-order valence-electron chi connectivity index (χ1n) is 3.56. The molecule has 0 atom stereocenters. The smallest absolute Gasteiger partial charge is 0.146 e. The van der Waals surface area contributed by atoms with Crippen molar-refractivity contribution in [3.05, 3.63) is 22.8 Å². The molecular weight excluding hydrogens is 539 g/mol. The Morgan fingerprint density at radius 2 is 1.79 bits per heavy atom. The Labute approximate surface area is 129 Å². The number of thiocarbonyl (C=S) groups is 1. The first kappa shape index (κ1) is 13.2. The van der Waals surface area contributed by atoms with E-state index in [2.05, 4.69) is 79.9 Å². The van der Waals surface area contributed by atoms with Gasteiger partial charge in [-0.1, -0.05) is 12.2 Å². The van der Waals surface area contributed by atoms with Crippen LogP contribution in [0.15, 0.2) is 12.1 Å². The molecule has 0 aliphatic carbocycles.